The van der Waals surface area contributed by atoms with E-state index in [2.05, 4.69) is 35.1 Å². The maximum atomic E-state index is 12.0. The highest BCUT2D eigenvalue weighted by atomic mass is 79.9. The number of thioether (sulfide) groups is 1. The topological polar surface area (TPSA) is 29.1 Å². The number of rotatable bonds is 7. The normalized spacial score (nSPS) is 17.7. The SMILES string of the molecule is CCC(CC)(CBr)CNC(=O)CC1CCSCC1. The molecule has 1 aliphatic heterocycles. The van der Waals surface area contributed by atoms with Gasteiger partial charge in [-0.1, -0.05) is 29.8 Å². The first kappa shape index (κ1) is 16.4. The van der Waals surface area contributed by atoms with Gasteiger partial charge >= 0.3 is 0 Å². The van der Waals surface area contributed by atoms with Crippen molar-refractivity contribution < 1.29 is 4.79 Å². The molecule has 0 aromatic rings. The Morgan fingerprint density at radius 2 is 1.94 bits per heavy atom. The number of amides is 1. The van der Waals surface area contributed by atoms with Gasteiger partial charge in [0.25, 0.3) is 0 Å². The largest absolute Gasteiger partial charge is 0.356 e. The zero-order valence-corrected chi connectivity index (χ0v) is 14.0. The Labute approximate surface area is 124 Å². The van der Waals surface area contributed by atoms with Crippen LogP contribution in [0, 0.1) is 11.3 Å². The highest BCUT2D eigenvalue weighted by Crippen LogP contribution is 2.28. The van der Waals surface area contributed by atoms with Gasteiger partial charge in [-0.25, -0.2) is 0 Å². The fourth-order valence-corrected chi connectivity index (χ4v) is 4.50. The number of hydrogen-bond donors (Lipinski definition) is 1. The Bertz CT molecular complexity index is 242. The second kappa shape index (κ2) is 8.47. The van der Waals surface area contributed by atoms with Crippen molar-refractivity contribution in [1.29, 1.82) is 0 Å². The van der Waals surface area contributed by atoms with Crippen molar-refractivity contribution in [3.8, 4) is 0 Å². The van der Waals surface area contributed by atoms with Crippen LogP contribution in [0.1, 0.15) is 46.0 Å². The minimum Gasteiger partial charge on any atom is -0.356 e. The summed E-state index contributed by atoms with van der Waals surface area (Å²) in [5.41, 5.74) is 0.234. The van der Waals surface area contributed by atoms with Crippen LogP contribution in [-0.2, 0) is 4.79 Å². The number of carbonyl (C=O) groups is 1. The number of carbonyl (C=O) groups excluding carboxylic acids is 1. The first-order chi connectivity index (χ1) is 8.65. The summed E-state index contributed by atoms with van der Waals surface area (Å²) in [6, 6.07) is 0. The van der Waals surface area contributed by atoms with Crippen LogP contribution in [-0.4, -0.2) is 29.3 Å². The fourth-order valence-electron chi connectivity index (χ4n) is 2.31. The quantitative estimate of drug-likeness (QED) is 0.716. The molecule has 1 rings (SSSR count). The van der Waals surface area contributed by atoms with Crippen molar-refractivity contribution in [2.24, 2.45) is 11.3 Å². The van der Waals surface area contributed by atoms with Crippen LogP contribution < -0.4 is 5.32 Å². The Morgan fingerprint density at radius 1 is 1.33 bits per heavy atom. The summed E-state index contributed by atoms with van der Waals surface area (Å²) in [4.78, 5) is 12.0. The van der Waals surface area contributed by atoms with Gasteiger partial charge in [-0.2, -0.15) is 11.8 Å². The first-order valence-electron chi connectivity index (χ1n) is 7.06. The van der Waals surface area contributed by atoms with Gasteiger partial charge in [0, 0.05) is 18.3 Å². The van der Waals surface area contributed by atoms with Crippen LogP contribution in [0.15, 0.2) is 0 Å². The molecule has 18 heavy (non-hydrogen) atoms. The molecule has 1 aliphatic rings. The van der Waals surface area contributed by atoms with Crippen molar-refractivity contribution >= 4 is 33.6 Å². The zero-order chi connectivity index (χ0) is 13.4. The lowest BCUT2D eigenvalue weighted by atomic mass is 9.84. The molecule has 0 aliphatic carbocycles. The molecule has 0 saturated carbocycles. The summed E-state index contributed by atoms with van der Waals surface area (Å²) >= 11 is 5.60. The summed E-state index contributed by atoms with van der Waals surface area (Å²) in [6.07, 6.45) is 5.36. The van der Waals surface area contributed by atoms with E-state index in [0.717, 1.165) is 31.1 Å². The Balaban J connectivity index is 2.30. The summed E-state index contributed by atoms with van der Waals surface area (Å²) in [6.45, 7) is 5.22. The molecule has 0 aromatic heterocycles. The summed E-state index contributed by atoms with van der Waals surface area (Å²) in [5.74, 6) is 3.33. The van der Waals surface area contributed by atoms with Crippen molar-refractivity contribution in [3.63, 3.8) is 0 Å². The van der Waals surface area contributed by atoms with Gasteiger partial charge < -0.3 is 5.32 Å². The van der Waals surface area contributed by atoms with E-state index in [9.17, 15) is 4.79 Å². The number of nitrogens with one attached hydrogen (secondary N) is 1. The lowest BCUT2D eigenvalue weighted by Gasteiger charge is -2.30. The van der Waals surface area contributed by atoms with Gasteiger partial charge in [0.15, 0.2) is 0 Å². The summed E-state index contributed by atoms with van der Waals surface area (Å²) in [5, 5.41) is 4.11. The molecular formula is C14H26BrNOS. The first-order valence-corrected chi connectivity index (χ1v) is 9.34. The molecule has 1 N–H and O–H groups in total. The maximum Gasteiger partial charge on any atom is 0.220 e. The second-order valence-corrected chi connectivity index (χ2v) is 7.16. The predicted octanol–water partition coefficient (Wildman–Crippen LogP) is 3.84. The van der Waals surface area contributed by atoms with Gasteiger partial charge in [-0.3, -0.25) is 4.79 Å². The molecule has 4 heteroatoms. The monoisotopic (exact) mass is 335 g/mol. The molecule has 1 saturated heterocycles. The van der Waals surface area contributed by atoms with Gasteiger partial charge in [-0.05, 0) is 48.5 Å². The van der Waals surface area contributed by atoms with Crippen molar-refractivity contribution in [2.75, 3.05) is 23.4 Å². The molecule has 2 nitrogen and oxygen atoms in total. The number of alkyl halides is 1. The smallest absolute Gasteiger partial charge is 0.220 e. The van der Waals surface area contributed by atoms with E-state index >= 15 is 0 Å². The van der Waals surface area contributed by atoms with Crippen LogP contribution in [0.5, 0.6) is 0 Å². The molecule has 1 heterocycles. The fraction of sp³-hybridized carbons (Fsp3) is 0.929. The average Bonchev–Trinajstić information content (AvgIpc) is 2.42. The Morgan fingerprint density at radius 3 is 2.44 bits per heavy atom. The lowest BCUT2D eigenvalue weighted by molar-refractivity contribution is -0.122. The van der Waals surface area contributed by atoms with E-state index in [4.69, 9.17) is 0 Å². The zero-order valence-electron chi connectivity index (χ0n) is 11.6. The molecule has 1 fully saturated rings. The van der Waals surface area contributed by atoms with E-state index in [-0.39, 0.29) is 11.3 Å². The summed E-state index contributed by atoms with van der Waals surface area (Å²) < 4.78 is 0. The van der Waals surface area contributed by atoms with Crippen LogP contribution in [0.2, 0.25) is 0 Å². The average molecular weight is 336 g/mol. The molecule has 106 valence electrons. The van der Waals surface area contributed by atoms with Crippen molar-refractivity contribution in [1.82, 2.24) is 5.32 Å². The van der Waals surface area contributed by atoms with E-state index < -0.39 is 0 Å². The third-order valence-corrected chi connectivity index (χ3v) is 6.50. The maximum absolute atomic E-state index is 12.0. The van der Waals surface area contributed by atoms with Gasteiger partial charge in [-0.15, -0.1) is 0 Å². The predicted molar refractivity (Wildman–Crippen MR) is 84.5 cm³/mol. The lowest BCUT2D eigenvalue weighted by Crippen LogP contribution is -2.38. The van der Waals surface area contributed by atoms with E-state index in [0.29, 0.717) is 5.92 Å². The van der Waals surface area contributed by atoms with Crippen molar-refractivity contribution in [3.05, 3.63) is 0 Å². The highest BCUT2D eigenvalue weighted by molar-refractivity contribution is 9.09. The third kappa shape index (κ3) is 5.12. The second-order valence-electron chi connectivity index (χ2n) is 5.38. The van der Waals surface area contributed by atoms with E-state index in [1.807, 2.05) is 11.8 Å². The van der Waals surface area contributed by atoms with Crippen LogP contribution >= 0.6 is 27.7 Å². The van der Waals surface area contributed by atoms with Crippen LogP contribution in [0.4, 0.5) is 0 Å². The highest BCUT2D eigenvalue weighted by Gasteiger charge is 2.26. The minimum absolute atomic E-state index is 0.234. The molecule has 0 aromatic carbocycles. The standard InChI is InChI=1S/C14H26BrNOS/c1-3-14(4-2,10-15)11-16-13(17)9-12-5-7-18-8-6-12/h12H,3-11H2,1-2H3,(H,16,17). The molecule has 0 spiro atoms. The molecule has 0 bridgehead atoms. The van der Waals surface area contributed by atoms with E-state index in [1.165, 1.54) is 24.3 Å². The van der Waals surface area contributed by atoms with Crippen LogP contribution in [0.25, 0.3) is 0 Å². The Kier molecular flexibility index (Phi) is 7.69. The summed E-state index contributed by atoms with van der Waals surface area (Å²) in [7, 11) is 0. The minimum atomic E-state index is 0.234. The van der Waals surface area contributed by atoms with Gasteiger partial charge in [0.05, 0.1) is 0 Å². The third-order valence-electron chi connectivity index (χ3n) is 4.26. The van der Waals surface area contributed by atoms with E-state index in [1.54, 1.807) is 0 Å². The number of hydrogen-bond acceptors (Lipinski definition) is 2. The molecule has 0 atom stereocenters. The molecular weight excluding hydrogens is 310 g/mol. The number of halogens is 1. The van der Waals surface area contributed by atoms with Gasteiger partial charge in [0.2, 0.25) is 5.91 Å². The molecule has 0 unspecified atom stereocenters. The Hall–Kier alpha value is 0.300. The molecule has 1 amide bonds. The molecule has 0 radical (unpaired) electrons. The van der Waals surface area contributed by atoms with Crippen LogP contribution in [0.3, 0.4) is 0 Å². The van der Waals surface area contributed by atoms with Crippen molar-refractivity contribution in [2.45, 2.75) is 46.0 Å². The van der Waals surface area contributed by atoms with Gasteiger partial charge in [0.1, 0.15) is 0 Å².